The molecule has 1 aliphatic heterocycles. The molecule has 1 aliphatic rings. The molecule has 1 amide bonds. The molecule has 4 rings (SSSR count). The first-order chi connectivity index (χ1) is 14.2. The number of methoxy groups -OCH3 is 1. The summed E-state index contributed by atoms with van der Waals surface area (Å²) in [6.45, 7) is 1.09. The molecule has 0 fully saturated rings. The number of halogens is 1. The second kappa shape index (κ2) is 9.78. The maximum atomic E-state index is 12.5. The molecule has 2 aromatic carbocycles. The van der Waals surface area contributed by atoms with Gasteiger partial charge in [0.25, 0.3) is 5.91 Å². The van der Waals surface area contributed by atoms with Crippen molar-refractivity contribution in [2.24, 2.45) is 4.99 Å². The minimum Gasteiger partial charge on any atom is -0.497 e. The van der Waals surface area contributed by atoms with Crippen LogP contribution >= 0.6 is 23.7 Å². The number of carbonyl (C=O) groups excluding carboxylic acids is 1. The van der Waals surface area contributed by atoms with Crippen molar-refractivity contribution in [1.29, 1.82) is 0 Å². The number of carbonyl (C=O) groups is 1. The fraction of sp³-hybridized carbons (Fsp3) is 0.217. The molecule has 2 heterocycles. The van der Waals surface area contributed by atoms with Gasteiger partial charge in [0.05, 0.1) is 25.4 Å². The van der Waals surface area contributed by atoms with E-state index < -0.39 is 0 Å². The average molecular weight is 442 g/mol. The summed E-state index contributed by atoms with van der Waals surface area (Å²) in [6, 6.07) is 17.5. The van der Waals surface area contributed by atoms with Crippen molar-refractivity contribution in [2.45, 2.75) is 6.04 Å². The summed E-state index contributed by atoms with van der Waals surface area (Å²) in [6.07, 6.45) is 0. The molecule has 0 saturated heterocycles. The Kier molecular flexibility index (Phi) is 7.13. The van der Waals surface area contributed by atoms with Gasteiger partial charge in [-0.3, -0.25) is 9.79 Å². The summed E-state index contributed by atoms with van der Waals surface area (Å²) >= 11 is 1.66. The molecule has 0 aliphatic carbocycles. The van der Waals surface area contributed by atoms with Crippen molar-refractivity contribution in [1.82, 2.24) is 5.32 Å². The first-order valence-corrected chi connectivity index (χ1v) is 10.4. The minimum absolute atomic E-state index is 0. The predicted octanol–water partition coefficient (Wildman–Crippen LogP) is 4.26. The summed E-state index contributed by atoms with van der Waals surface area (Å²) in [4.78, 5) is 19.6. The topological polar surface area (TPSA) is 53.9 Å². The summed E-state index contributed by atoms with van der Waals surface area (Å²) in [7, 11) is 3.72. The molecule has 7 heteroatoms. The van der Waals surface area contributed by atoms with Gasteiger partial charge in [-0.05, 0) is 35.7 Å². The molecule has 1 atom stereocenters. The van der Waals surface area contributed by atoms with E-state index in [0.717, 1.165) is 28.3 Å². The molecule has 156 valence electrons. The van der Waals surface area contributed by atoms with Crippen LogP contribution in [0, 0.1) is 0 Å². The van der Waals surface area contributed by atoms with Gasteiger partial charge in [0.15, 0.2) is 0 Å². The number of likely N-dealkylation sites (N-methyl/N-ethyl adjacent to an activating group) is 1. The third-order valence-corrected chi connectivity index (χ3v) is 5.86. The Morgan fingerprint density at radius 2 is 2.03 bits per heavy atom. The highest BCUT2D eigenvalue weighted by molar-refractivity contribution is 7.08. The predicted molar refractivity (Wildman–Crippen MR) is 126 cm³/mol. The van der Waals surface area contributed by atoms with Crippen LogP contribution in [0.2, 0.25) is 0 Å². The number of thiophene rings is 1. The van der Waals surface area contributed by atoms with E-state index in [1.165, 1.54) is 0 Å². The van der Waals surface area contributed by atoms with E-state index >= 15 is 0 Å². The van der Waals surface area contributed by atoms with Crippen LogP contribution in [0.4, 0.5) is 5.69 Å². The zero-order chi connectivity index (χ0) is 20.2. The quantitative estimate of drug-likeness (QED) is 0.643. The van der Waals surface area contributed by atoms with Crippen molar-refractivity contribution in [3.8, 4) is 5.75 Å². The normalized spacial score (nSPS) is 15.3. The number of anilines is 1. The molecule has 0 radical (unpaired) electrons. The van der Waals surface area contributed by atoms with Crippen LogP contribution in [-0.2, 0) is 0 Å². The molecule has 3 aromatic rings. The summed E-state index contributed by atoms with van der Waals surface area (Å²) in [5.74, 6) is 0.727. The molecule has 30 heavy (non-hydrogen) atoms. The Morgan fingerprint density at radius 1 is 1.23 bits per heavy atom. The highest BCUT2D eigenvalue weighted by atomic mass is 35.5. The minimum atomic E-state index is -0.0730. The number of amides is 1. The van der Waals surface area contributed by atoms with Gasteiger partial charge >= 0.3 is 0 Å². The Balaban J connectivity index is 0.00000256. The zero-order valence-electron chi connectivity index (χ0n) is 16.9. The zero-order valence-corrected chi connectivity index (χ0v) is 18.5. The smallest absolute Gasteiger partial charge is 0.251 e. The lowest BCUT2D eigenvalue weighted by Crippen LogP contribution is -2.43. The van der Waals surface area contributed by atoms with Gasteiger partial charge in [0.1, 0.15) is 5.75 Å². The van der Waals surface area contributed by atoms with E-state index in [1.807, 2.05) is 49.5 Å². The third kappa shape index (κ3) is 4.50. The lowest BCUT2D eigenvalue weighted by atomic mass is 10.0. The van der Waals surface area contributed by atoms with Gasteiger partial charge in [-0.25, -0.2) is 0 Å². The number of benzene rings is 2. The lowest BCUT2D eigenvalue weighted by molar-refractivity contribution is 0.0951. The number of nitrogens with zero attached hydrogens (tertiary/aromatic N) is 2. The average Bonchev–Trinajstić information content (AvgIpc) is 3.26. The Labute approximate surface area is 186 Å². The molecule has 0 saturated carbocycles. The summed E-state index contributed by atoms with van der Waals surface area (Å²) in [5.41, 5.74) is 4.87. The molecule has 5 nitrogen and oxygen atoms in total. The van der Waals surface area contributed by atoms with Crippen LogP contribution < -0.4 is 15.0 Å². The summed E-state index contributed by atoms with van der Waals surface area (Å²) < 4.78 is 5.45. The molecule has 0 spiro atoms. The fourth-order valence-electron chi connectivity index (χ4n) is 3.48. The van der Waals surface area contributed by atoms with E-state index in [4.69, 9.17) is 9.73 Å². The van der Waals surface area contributed by atoms with Crippen LogP contribution in [0.3, 0.4) is 0 Å². The molecule has 1 unspecified atom stereocenters. The van der Waals surface area contributed by atoms with Crippen molar-refractivity contribution in [3.05, 3.63) is 82.0 Å². The number of hydrogen-bond acceptors (Lipinski definition) is 5. The number of hydrogen-bond donors (Lipinski definition) is 1. The standard InChI is InChI=1S/C23H23N3O2S.ClH/c1-26-18(14-25-23(27)16-6-4-3-5-7-16)13-24-22(17-10-11-29-15-17)20-9-8-19(28-2)12-21(20)26;/h3-12,15,18H,13-14H2,1-2H3,(H,25,27);1H. The maximum absolute atomic E-state index is 12.5. The van der Waals surface area contributed by atoms with Crippen molar-refractivity contribution in [2.75, 3.05) is 32.1 Å². The molecular formula is C23H24ClN3O2S. The molecular weight excluding hydrogens is 418 g/mol. The van der Waals surface area contributed by atoms with Crippen molar-refractivity contribution < 1.29 is 9.53 Å². The SMILES string of the molecule is COc1ccc2c(c1)N(C)C(CNC(=O)c1ccccc1)CN=C2c1ccsc1.Cl. The van der Waals surface area contributed by atoms with Gasteiger partial charge in [0.2, 0.25) is 0 Å². The number of rotatable bonds is 5. The highest BCUT2D eigenvalue weighted by Crippen LogP contribution is 2.31. The first-order valence-electron chi connectivity index (χ1n) is 9.49. The van der Waals surface area contributed by atoms with Crippen LogP contribution in [0.25, 0.3) is 0 Å². The molecule has 0 bridgehead atoms. The summed E-state index contributed by atoms with van der Waals surface area (Å²) in [5, 5.41) is 7.23. The number of fused-ring (bicyclic) bond motifs is 1. The first kappa shape index (κ1) is 21.9. The largest absolute Gasteiger partial charge is 0.497 e. The number of nitrogens with one attached hydrogen (secondary N) is 1. The van der Waals surface area contributed by atoms with Gasteiger partial charge in [-0.2, -0.15) is 11.3 Å². The Bertz CT molecular complexity index is 1020. The fourth-order valence-corrected chi connectivity index (χ4v) is 4.12. The number of aliphatic imine (C=N–C) groups is 1. The second-order valence-corrected chi connectivity index (χ2v) is 7.71. The molecule has 1 aromatic heterocycles. The van der Waals surface area contributed by atoms with Gasteiger partial charge < -0.3 is 15.0 Å². The number of ether oxygens (including phenoxy) is 1. The van der Waals surface area contributed by atoms with Gasteiger partial charge in [0, 0.05) is 47.4 Å². The maximum Gasteiger partial charge on any atom is 0.251 e. The van der Waals surface area contributed by atoms with Gasteiger partial charge in [-0.15, -0.1) is 12.4 Å². The van der Waals surface area contributed by atoms with Crippen molar-refractivity contribution >= 4 is 41.1 Å². The van der Waals surface area contributed by atoms with E-state index in [0.29, 0.717) is 18.7 Å². The van der Waals surface area contributed by atoms with E-state index in [-0.39, 0.29) is 24.4 Å². The number of benzodiazepines with no additional fused rings is 1. The van der Waals surface area contributed by atoms with Gasteiger partial charge in [-0.1, -0.05) is 18.2 Å². The van der Waals surface area contributed by atoms with Crippen molar-refractivity contribution in [3.63, 3.8) is 0 Å². The van der Waals surface area contributed by atoms with Crippen LogP contribution in [-0.4, -0.2) is 44.9 Å². The van der Waals surface area contributed by atoms with E-state index in [9.17, 15) is 4.79 Å². The monoisotopic (exact) mass is 441 g/mol. The Hall–Kier alpha value is -2.83. The van der Waals surface area contributed by atoms with Crippen LogP contribution in [0.1, 0.15) is 21.5 Å². The van der Waals surface area contributed by atoms with E-state index in [1.54, 1.807) is 18.4 Å². The molecule has 1 N–H and O–H groups in total. The lowest BCUT2D eigenvalue weighted by Gasteiger charge is -2.29. The van der Waals surface area contributed by atoms with E-state index in [2.05, 4.69) is 33.1 Å². The van der Waals surface area contributed by atoms with Crippen LogP contribution in [0.15, 0.2) is 70.3 Å². The highest BCUT2D eigenvalue weighted by Gasteiger charge is 2.25. The second-order valence-electron chi connectivity index (χ2n) is 6.93. The van der Waals surface area contributed by atoms with Crippen LogP contribution in [0.5, 0.6) is 5.75 Å². The Morgan fingerprint density at radius 3 is 2.73 bits per heavy atom. The third-order valence-electron chi connectivity index (χ3n) is 5.18.